The van der Waals surface area contributed by atoms with Crippen LogP contribution < -0.4 is 14.8 Å². The Balaban J connectivity index is 2.04. The van der Waals surface area contributed by atoms with Crippen molar-refractivity contribution in [2.45, 2.75) is 46.6 Å². The minimum absolute atomic E-state index is 0.277. The van der Waals surface area contributed by atoms with Crippen LogP contribution in [0.5, 0.6) is 11.5 Å². The number of fused-ring (bicyclic) bond motifs is 1. The predicted molar refractivity (Wildman–Crippen MR) is 107 cm³/mol. The van der Waals surface area contributed by atoms with E-state index >= 15 is 0 Å². The molecule has 1 N–H and O–H groups in total. The van der Waals surface area contributed by atoms with Crippen LogP contribution in [0.25, 0.3) is 0 Å². The number of unbranched alkanes of at least 4 members (excludes halogenated alkanes) is 1. The van der Waals surface area contributed by atoms with Crippen molar-refractivity contribution in [3.05, 3.63) is 35.0 Å². The van der Waals surface area contributed by atoms with E-state index in [1.54, 1.807) is 11.6 Å². The second kappa shape index (κ2) is 9.40. The van der Waals surface area contributed by atoms with Gasteiger partial charge in [-0.15, -0.1) is 0 Å². The number of carbonyl (C=O) groups is 1. The van der Waals surface area contributed by atoms with Crippen LogP contribution in [0.3, 0.4) is 0 Å². The molecule has 1 aliphatic heterocycles. The first kappa shape index (κ1) is 20.6. The summed E-state index contributed by atoms with van der Waals surface area (Å²) in [4.78, 5) is 12.7. The van der Waals surface area contributed by atoms with Gasteiger partial charge in [0.25, 0.3) is 0 Å². The Labute approximate surface area is 170 Å². The largest absolute Gasteiger partial charge is 0.490 e. The first-order valence-electron chi connectivity index (χ1n) is 9.92. The van der Waals surface area contributed by atoms with Crippen LogP contribution in [0.2, 0.25) is 0 Å². The average Bonchev–Trinajstić information content (AvgIpc) is 3.16. The Kier molecular flexibility index (Phi) is 6.69. The van der Waals surface area contributed by atoms with Crippen LogP contribution in [-0.2, 0) is 9.53 Å². The maximum atomic E-state index is 12.7. The first-order valence-corrected chi connectivity index (χ1v) is 9.92. The summed E-state index contributed by atoms with van der Waals surface area (Å²) < 4.78 is 18.5. The van der Waals surface area contributed by atoms with E-state index in [2.05, 4.69) is 27.8 Å². The van der Waals surface area contributed by atoms with Crippen molar-refractivity contribution in [2.75, 3.05) is 25.1 Å². The summed E-state index contributed by atoms with van der Waals surface area (Å²) >= 11 is 0. The number of aromatic nitrogens is 4. The molecule has 0 bridgehead atoms. The number of rotatable bonds is 9. The zero-order valence-electron chi connectivity index (χ0n) is 17.3. The molecule has 29 heavy (non-hydrogen) atoms. The fourth-order valence-electron chi connectivity index (χ4n) is 3.20. The van der Waals surface area contributed by atoms with E-state index in [4.69, 9.17) is 14.2 Å². The van der Waals surface area contributed by atoms with Gasteiger partial charge in [0.15, 0.2) is 11.5 Å². The van der Waals surface area contributed by atoms with Gasteiger partial charge in [-0.2, -0.15) is 4.68 Å². The average molecular weight is 401 g/mol. The molecule has 1 unspecified atom stereocenters. The monoisotopic (exact) mass is 401 g/mol. The number of benzene rings is 1. The van der Waals surface area contributed by atoms with Gasteiger partial charge in [0.05, 0.1) is 25.4 Å². The molecule has 9 heteroatoms. The van der Waals surface area contributed by atoms with Gasteiger partial charge in [0, 0.05) is 5.70 Å². The molecule has 0 saturated heterocycles. The molecule has 0 radical (unpaired) electrons. The number of nitrogens with zero attached hydrogens (tertiary/aromatic N) is 4. The van der Waals surface area contributed by atoms with Crippen LogP contribution in [0, 0.1) is 0 Å². The number of hydrogen-bond donors (Lipinski definition) is 1. The zero-order chi connectivity index (χ0) is 20.8. The number of tetrazole rings is 1. The van der Waals surface area contributed by atoms with Crippen LogP contribution >= 0.6 is 0 Å². The van der Waals surface area contributed by atoms with Gasteiger partial charge in [-0.1, -0.05) is 24.5 Å². The maximum Gasteiger partial charge on any atom is 0.338 e. The molecular weight excluding hydrogens is 374 g/mol. The topological polar surface area (TPSA) is 100 Å². The highest BCUT2D eigenvalue weighted by molar-refractivity contribution is 5.92. The number of ether oxygens (including phenoxy) is 3. The van der Waals surface area contributed by atoms with Gasteiger partial charge in [0.1, 0.15) is 6.04 Å². The molecule has 0 aliphatic carbocycles. The third-order valence-corrected chi connectivity index (χ3v) is 4.55. The summed E-state index contributed by atoms with van der Waals surface area (Å²) in [5.74, 6) is 1.34. The lowest BCUT2D eigenvalue weighted by Gasteiger charge is -2.27. The Morgan fingerprint density at radius 2 is 2.00 bits per heavy atom. The normalized spacial score (nSPS) is 15.5. The van der Waals surface area contributed by atoms with E-state index in [1.807, 2.05) is 32.0 Å². The Morgan fingerprint density at radius 1 is 1.17 bits per heavy atom. The summed E-state index contributed by atoms with van der Waals surface area (Å²) in [5.41, 5.74) is 1.90. The highest BCUT2D eigenvalue weighted by Crippen LogP contribution is 2.38. The van der Waals surface area contributed by atoms with Crippen molar-refractivity contribution < 1.29 is 19.0 Å². The van der Waals surface area contributed by atoms with Crippen LogP contribution in [0.4, 0.5) is 5.95 Å². The Morgan fingerprint density at radius 3 is 2.72 bits per heavy atom. The van der Waals surface area contributed by atoms with Gasteiger partial charge < -0.3 is 19.5 Å². The minimum Gasteiger partial charge on any atom is -0.490 e. The lowest BCUT2D eigenvalue weighted by molar-refractivity contribution is -0.139. The van der Waals surface area contributed by atoms with Crippen molar-refractivity contribution in [3.63, 3.8) is 0 Å². The lowest BCUT2D eigenvalue weighted by atomic mass is 9.95. The molecule has 1 aliphatic rings. The van der Waals surface area contributed by atoms with E-state index < -0.39 is 12.0 Å². The molecule has 2 aromatic rings. The van der Waals surface area contributed by atoms with E-state index in [-0.39, 0.29) is 6.61 Å². The number of carbonyl (C=O) groups excluding carboxylic acids is 1. The molecule has 1 aromatic heterocycles. The van der Waals surface area contributed by atoms with Gasteiger partial charge >= 0.3 is 5.97 Å². The van der Waals surface area contributed by atoms with Gasteiger partial charge in [0.2, 0.25) is 5.95 Å². The highest BCUT2D eigenvalue weighted by Gasteiger charge is 2.35. The minimum atomic E-state index is -0.538. The molecule has 2 heterocycles. The molecule has 0 spiro atoms. The molecule has 3 rings (SSSR count). The van der Waals surface area contributed by atoms with Gasteiger partial charge in [-0.3, -0.25) is 0 Å². The number of esters is 1. The zero-order valence-corrected chi connectivity index (χ0v) is 17.3. The quantitative estimate of drug-likeness (QED) is 0.505. The predicted octanol–water partition coefficient (Wildman–Crippen LogP) is 3.10. The number of anilines is 1. The second-order valence-electron chi connectivity index (χ2n) is 6.57. The van der Waals surface area contributed by atoms with Crippen LogP contribution in [0.1, 0.15) is 52.1 Å². The molecule has 0 saturated carbocycles. The Bertz CT molecular complexity index is 893. The summed E-state index contributed by atoms with van der Waals surface area (Å²) in [6, 6.07) is 5.10. The van der Waals surface area contributed by atoms with Crippen molar-refractivity contribution in [1.29, 1.82) is 0 Å². The van der Waals surface area contributed by atoms with Crippen LogP contribution in [0.15, 0.2) is 29.5 Å². The fraction of sp³-hybridized carbons (Fsp3) is 0.500. The third kappa shape index (κ3) is 4.33. The van der Waals surface area contributed by atoms with Gasteiger partial charge in [-0.05, 0) is 55.3 Å². The lowest BCUT2D eigenvalue weighted by Crippen LogP contribution is -2.29. The number of hydrogen-bond acceptors (Lipinski definition) is 8. The van der Waals surface area contributed by atoms with E-state index in [1.165, 1.54) is 0 Å². The van der Waals surface area contributed by atoms with Crippen molar-refractivity contribution in [3.8, 4) is 11.5 Å². The smallest absolute Gasteiger partial charge is 0.338 e. The molecular formula is C20H27N5O4. The Hall–Kier alpha value is -3.10. The molecule has 1 atom stereocenters. The number of nitrogens with one attached hydrogen (secondary N) is 1. The van der Waals surface area contributed by atoms with E-state index in [0.29, 0.717) is 41.9 Å². The summed E-state index contributed by atoms with van der Waals surface area (Å²) in [5, 5.41) is 14.9. The first-order chi connectivity index (χ1) is 14.1. The maximum absolute atomic E-state index is 12.7. The standard InChI is InChI=1S/C20H27N5O4/c1-5-8-11-29-15-10-9-14(12-16(15)27-6-2)18-17(19(26)28-7-3)13(4)21-20-22-23-24-25(18)20/h9-10,12,18H,5-8,11H2,1-4H3,(H,21,22,24). The summed E-state index contributed by atoms with van der Waals surface area (Å²) in [7, 11) is 0. The van der Waals surface area contributed by atoms with Crippen molar-refractivity contribution in [2.24, 2.45) is 0 Å². The van der Waals surface area contributed by atoms with Gasteiger partial charge in [-0.25, -0.2) is 4.79 Å². The summed E-state index contributed by atoms with van der Waals surface area (Å²) in [6.07, 6.45) is 2.01. The van der Waals surface area contributed by atoms with E-state index in [0.717, 1.165) is 18.4 Å². The molecule has 1 aromatic carbocycles. The van der Waals surface area contributed by atoms with E-state index in [9.17, 15) is 4.79 Å². The van der Waals surface area contributed by atoms with Crippen molar-refractivity contribution in [1.82, 2.24) is 20.2 Å². The molecule has 0 fully saturated rings. The summed E-state index contributed by atoms with van der Waals surface area (Å²) in [6.45, 7) is 9.01. The van der Waals surface area contributed by atoms with Crippen molar-refractivity contribution >= 4 is 11.9 Å². The van der Waals surface area contributed by atoms with Crippen LogP contribution in [-0.4, -0.2) is 46.0 Å². The molecule has 0 amide bonds. The highest BCUT2D eigenvalue weighted by atomic mass is 16.5. The number of allylic oxidation sites excluding steroid dienone is 1. The fourth-order valence-corrected chi connectivity index (χ4v) is 3.20. The SMILES string of the molecule is CCCCOc1ccc(C2C(C(=O)OCC)=C(C)Nc3nnnn32)cc1OCC. The molecule has 156 valence electrons. The second-order valence-corrected chi connectivity index (χ2v) is 6.57. The third-order valence-electron chi connectivity index (χ3n) is 4.55. The molecule has 9 nitrogen and oxygen atoms in total.